The highest BCUT2D eigenvalue weighted by atomic mass is 79.9. The van der Waals surface area contributed by atoms with Crippen molar-refractivity contribution in [3.05, 3.63) is 16.2 Å². The molecule has 1 unspecified atom stereocenters. The first kappa shape index (κ1) is 14.3. The normalized spacial score (nSPS) is 12.8. The highest BCUT2D eigenvalue weighted by Gasteiger charge is 2.13. The number of hydrogen-bond donors (Lipinski definition) is 3. The first-order valence-corrected chi connectivity index (χ1v) is 6.53. The van der Waals surface area contributed by atoms with Crippen LogP contribution in [0.15, 0.2) is 10.7 Å². The molecular weight excluding hydrogens is 282 g/mol. The molecule has 0 saturated heterocycles. The van der Waals surface area contributed by atoms with E-state index in [1.165, 1.54) is 0 Å². The van der Waals surface area contributed by atoms with Gasteiger partial charge in [0.15, 0.2) is 0 Å². The zero-order chi connectivity index (χ0) is 13.0. The topological polar surface area (TPSA) is 71.2 Å². The van der Waals surface area contributed by atoms with Gasteiger partial charge < -0.3 is 16.2 Å². The molecule has 0 aliphatic heterocycles. The van der Waals surface area contributed by atoms with Crippen LogP contribution in [0.3, 0.4) is 0 Å². The zero-order valence-corrected chi connectivity index (χ0v) is 12.1. The van der Waals surface area contributed by atoms with Gasteiger partial charge in [0.2, 0.25) is 0 Å². The molecule has 0 aliphatic carbocycles. The number of halogens is 1. The van der Waals surface area contributed by atoms with Gasteiger partial charge in [0, 0.05) is 0 Å². The highest BCUT2D eigenvalue weighted by Crippen LogP contribution is 2.28. The molecule has 0 radical (unpaired) electrons. The lowest BCUT2D eigenvalue weighted by molar-refractivity contribution is 0.259. The summed E-state index contributed by atoms with van der Waals surface area (Å²) in [5.74, 6) is 1.25. The second-order valence-electron chi connectivity index (χ2n) is 4.65. The Bertz CT molecular complexity index is 382. The second kappa shape index (κ2) is 6.21. The molecule has 1 aromatic rings. The number of aliphatic hydroxyl groups is 1. The standard InChI is InChI=1S/C12H20BrN3O/c1-7(2)4-9(6-17)16-12-11(13)8(3)10(14)5-15-12/h5,7,9,17H,4,6,14H2,1-3H3,(H,15,16). The molecule has 0 amide bonds. The Labute approximate surface area is 111 Å². The predicted molar refractivity (Wildman–Crippen MR) is 75.0 cm³/mol. The Morgan fingerprint density at radius 1 is 1.53 bits per heavy atom. The first-order valence-electron chi connectivity index (χ1n) is 5.73. The number of aliphatic hydroxyl groups excluding tert-OH is 1. The Morgan fingerprint density at radius 3 is 2.71 bits per heavy atom. The minimum atomic E-state index is 0.0156. The number of pyridine rings is 1. The fourth-order valence-corrected chi connectivity index (χ4v) is 2.08. The van der Waals surface area contributed by atoms with E-state index in [1.54, 1.807) is 6.20 Å². The minimum Gasteiger partial charge on any atom is -0.397 e. The third kappa shape index (κ3) is 3.85. The molecule has 0 bridgehead atoms. The number of nitrogen functional groups attached to an aromatic ring is 1. The number of nitrogens with two attached hydrogens (primary N) is 1. The molecule has 1 aromatic heterocycles. The fraction of sp³-hybridized carbons (Fsp3) is 0.583. The van der Waals surface area contributed by atoms with Crippen LogP contribution in [0.5, 0.6) is 0 Å². The lowest BCUT2D eigenvalue weighted by Crippen LogP contribution is -2.26. The average Bonchev–Trinajstić information content (AvgIpc) is 2.28. The Morgan fingerprint density at radius 2 is 2.18 bits per heavy atom. The third-order valence-corrected chi connectivity index (χ3v) is 3.59. The van der Waals surface area contributed by atoms with E-state index >= 15 is 0 Å². The summed E-state index contributed by atoms with van der Waals surface area (Å²) in [5.41, 5.74) is 7.38. The van der Waals surface area contributed by atoms with Crippen molar-refractivity contribution in [1.29, 1.82) is 0 Å². The third-order valence-electron chi connectivity index (χ3n) is 2.62. The summed E-state index contributed by atoms with van der Waals surface area (Å²) in [6, 6.07) is 0.0156. The average molecular weight is 302 g/mol. The van der Waals surface area contributed by atoms with E-state index < -0.39 is 0 Å². The van der Waals surface area contributed by atoms with E-state index in [9.17, 15) is 5.11 Å². The molecule has 96 valence electrons. The second-order valence-corrected chi connectivity index (χ2v) is 5.45. The van der Waals surface area contributed by atoms with Gasteiger partial charge in [-0.05, 0) is 40.8 Å². The predicted octanol–water partition coefficient (Wildman–Crippen LogP) is 2.55. The van der Waals surface area contributed by atoms with Crippen LogP contribution in [0.4, 0.5) is 11.5 Å². The van der Waals surface area contributed by atoms with Crippen LogP contribution < -0.4 is 11.1 Å². The number of aromatic nitrogens is 1. The summed E-state index contributed by atoms with van der Waals surface area (Å²) >= 11 is 3.47. The van der Waals surface area contributed by atoms with Crippen molar-refractivity contribution in [2.24, 2.45) is 5.92 Å². The van der Waals surface area contributed by atoms with Gasteiger partial charge in [0.05, 0.1) is 29.0 Å². The molecular formula is C12H20BrN3O. The summed E-state index contributed by atoms with van der Waals surface area (Å²) in [6.45, 7) is 6.28. The van der Waals surface area contributed by atoms with Crippen LogP contribution in [0, 0.1) is 12.8 Å². The summed E-state index contributed by atoms with van der Waals surface area (Å²) in [7, 11) is 0. The quantitative estimate of drug-likeness (QED) is 0.781. The van der Waals surface area contributed by atoms with Crippen molar-refractivity contribution < 1.29 is 5.11 Å². The van der Waals surface area contributed by atoms with Crippen molar-refractivity contribution in [2.75, 3.05) is 17.7 Å². The molecule has 0 aliphatic rings. The van der Waals surface area contributed by atoms with E-state index in [0.29, 0.717) is 11.6 Å². The number of rotatable bonds is 5. The number of nitrogens with zero attached hydrogens (tertiary/aromatic N) is 1. The number of anilines is 2. The fourth-order valence-electron chi connectivity index (χ4n) is 1.63. The molecule has 5 heteroatoms. The molecule has 1 heterocycles. The van der Waals surface area contributed by atoms with Crippen LogP contribution in [0.25, 0.3) is 0 Å². The molecule has 1 rings (SSSR count). The molecule has 0 saturated carbocycles. The first-order chi connectivity index (χ1) is 7.95. The zero-order valence-electron chi connectivity index (χ0n) is 10.5. The van der Waals surface area contributed by atoms with Crippen LogP contribution in [-0.2, 0) is 0 Å². The van der Waals surface area contributed by atoms with Gasteiger partial charge in [-0.3, -0.25) is 0 Å². The van der Waals surface area contributed by atoms with E-state index in [1.807, 2.05) is 6.92 Å². The Kier molecular flexibility index (Phi) is 5.21. The van der Waals surface area contributed by atoms with Crippen LogP contribution >= 0.6 is 15.9 Å². The maximum absolute atomic E-state index is 9.32. The Hall–Kier alpha value is -0.810. The van der Waals surface area contributed by atoms with Gasteiger partial charge >= 0.3 is 0 Å². The van der Waals surface area contributed by atoms with Crippen molar-refractivity contribution in [3.63, 3.8) is 0 Å². The largest absolute Gasteiger partial charge is 0.397 e. The minimum absolute atomic E-state index is 0.0156. The monoisotopic (exact) mass is 301 g/mol. The molecule has 1 atom stereocenters. The Balaban J connectivity index is 2.83. The van der Waals surface area contributed by atoms with Gasteiger partial charge in [-0.1, -0.05) is 13.8 Å². The smallest absolute Gasteiger partial charge is 0.141 e. The number of nitrogens with one attached hydrogen (secondary N) is 1. The van der Waals surface area contributed by atoms with Crippen LogP contribution in [-0.4, -0.2) is 22.7 Å². The lowest BCUT2D eigenvalue weighted by Gasteiger charge is -2.20. The van der Waals surface area contributed by atoms with Crippen LogP contribution in [0.1, 0.15) is 25.8 Å². The van der Waals surface area contributed by atoms with Crippen molar-refractivity contribution in [2.45, 2.75) is 33.2 Å². The summed E-state index contributed by atoms with van der Waals surface area (Å²) in [6.07, 6.45) is 2.53. The molecule has 0 aromatic carbocycles. The summed E-state index contributed by atoms with van der Waals surface area (Å²) in [5, 5.41) is 12.6. The number of hydrogen-bond acceptors (Lipinski definition) is 4. The SMILES string of the molecule is Cc1c(N)cnc(NC(CO)CC(C)C)c1Br. The van der Waals surface area contributed by atoms with Crippen LogP contribution in [0.2, 0.25) is 0 Å². The molecule has 0 fully saturated rings. The summed E-state index contributed by atoms with van der Waals surface area (Å²) in [4.78, 5) is 4.24. The maximum atomic E-state index is 9.32. The molecule has 0 spiro atoms. The van der Waals surface area contributed by atoms with Gasteiger partial charge in [0.25, 0.3) is 0 Å². The van der Waals surface area contributed by atoms with E-state index in [0.717, 1.165) is 22.3 Å². The van der Waals surface area contributed by atoms with Crippen molar-refractivity contribution in [1.82, 2.24) is 4.98 Å². The van der Waals surface area contributed by atoms with Gasteiger partial charge in [0.1, 0.15) is 5.82 Å². The van der Waals surface area contributed by atoms with Crippen molar-refractivity contribution >= 4 is 27.4 Å². The van der Waals surface area contributed by atoms with Crippen molar-refractivity contribution in [3.8, 4) is 0 Å². The molecule has 4 N–H and O–H groups in total. The van der Waals surface area contributed by atoms with Gasteiger partial charge in [-0.15, -0.1) is 0 Å². The lowest BCUT2D eigenvalue weighted by atomic mass is 10.0. The van der Waals surface area contributed by atoms with E-state index in [2.05, 4.69) is 40.1 Å². The summed E-state index contributed by atoms with van der Waals surface area (Å²) < 4.78 is 0.861. The molecule has 4 nitrogen and oxygen atoms in total. The van der Waals surface area contributed by atoms with E-state index in [4.69, 9.17) is 5.73 Å². The molecule has 17 heavy (non-hydrogen) atoms. The van der Waals surface area contributed by atoms with Gasteiger partial charge in [-0.2, -0.15) is 0 Å². The van der Waals surface area contributed by atoms with Gasteiger partial charge in [-0.25, -0.2) is 4.98 Å². The highest BCUT2D eigenvalue weighted by molar-refractivity contribution is 9.10. The van der Waals surface area contributed by atoms with E-state index in [-0.39, 0.29) is 12.6 Å². The maximum Gasteiger partial charge on any atom is 0.141 e.